The summed E-state index contributed by atoms with van der Waals surface area (Å²) in [5, 5.41) is 9.17. The molecule has 1 fully saturated rings. The lowest BCUT2D eigenvalue weighted by molar-refractivity contribution is 0.417. The molecule has 0 saturated heterocycles. The Morgan fingerprint density at radius 2 is 2.00 bits per heavy atom. The van der Waals surface area contributed by atoms with E-state index in [0.29, 0.717) is 6.04 Å². The van der Waals surface area contributed by atoms with Gasteiger partial charge in [-0.2, -0.15) is 0 Å². The minimum atomic E-state index is 0.710. The lowest BCUT2D eigenvalue weighted by Gasteiger charge is -2.32. The Morgan fingerprint density at radius 3 is 2.50 bits per heavy atom. The molecular formula is C12H23N3S. The van der Waals surface area contributed by atoms with Crippen LogP contribution in [0.3, 0.4) is 0 Å². The molecular weight excluding hydrogens is 218 g/mol. The maximum Gasteiger partial charge on any atom is 0.208 e. The number of hydrogen-bond donors (Lipinski definition) is 0. The van der Waals surface area contributed by atoms with Gasteiger partial charge in [0.05, 0.1) is 0 Å². The fourth-order valence-electron chi connectivity index (χ4n) is 2.23. The summed E-state index contributed by atoms with van der Waals surface area (Å²) in [4.78, 5) is 2.41. The molecule has 0 bridgehead atoms. The summed E-state index contributed by atoms with van der Waals surface area (Å²) in [5.41, 5.74) is 1.82. The number of rotatable bonds is 3. The molecule has 0 aliphatic heterocycles. The first-order valence-corrected chi connectivity index (χ1v) is 7.32. The lowest BCUT2D eigenvalue weighted by atomic mass is 9.94. The number of aromatic nitrogens is 2. The maximum absolute atomic E-state index is 4.16. The number of nitrogens with zero attached hydrogens (tertiary/aromatic N) is 3. The maximum atomic E-state index is 4.16. The number of anilines is 1. The zero-order valence-corrected chi connectivity index (χ0v) is 11.5. The minimum Gasteiger partial charge on any atom is -0.344 e. The van der Waals surface area contributed by atoms with E-state index in [1.807, 2.05) is 19.4 Å². The summed E-state index contributed by atoms with van der Waals surface area (Å²) < 4.78 is 0. The molecule has 0 atom stereocenters. The topological polar surface area (TPSA) is 29.0 Å². The highest BCUT2D eigenvalue weighted by molar-refractivity contribution is 7.13. The molecule has 0 unspecified atom stereocenters. The van der Waals surface area contributed by atoms with Gasteiger partial charge in [0.25, 0.3) is 0 Å². The second-order valence-corrected chi connectivity index (χ2v) is 4.61. The summed E-state index contributed by atoms with van der Waals surface area (Å²) in [6.07, 6.45) is 6.81. The first-order valence-electron chi connectivity index (χ1n) is 6.44. The van der Waals surface area contributed by atoms with Crippen molar-refractivity contribution in [3.63, 3.8) is 0 Å². The fraction of sp³-hybridized carbons (Fsp3) is 0.833. The average molecular weight is 241 g/mol. The Labute approximate surface area is 103 Å². The van der Waals surface area contributed by atoms with E-state index in [-0.39, 0.29) is 0 Å². The van der Waals surface area contributed by atoms with Crippen molar-refractivity contribution in [1.82, 2.24) is 10.2 Å². The smallest absolute Gasteiger partial charge is 0.208 e. The van der Waals surface area contributed by atoms with Crippen molar-refractivity contribution in [1.29, 1.82) is 0 Å². The molecule has 1 aromatic heterocycles. The zero-order chi connectivity index (χ0) is 11.8. The van der Waals surface area contributed by atoms with Gasteiger partial charge < -0.3 is 4.90 Å². The molecule has 0 amide bonds. The predicted octanol–water partition coefficient (Wildman–Crippen LogP) is 3.72. The van der Waals surface area contributed by atoms with E-state index in [2.05, 4.69) is 22.0 Å². The fourth-order valence-corrected chi connectivity index (χ4v) is 2.93. The Bertz CT molecular complexity index is 255. The number of hydrogen-bond acceptors (Lipinski definition) is 4. The molecule has 0 aromatic carbocycles. The van der Waals surface area contributed by atoms with E-state index >= 15 is 0 Å². The summed E-state index contributed by atoms with van der Waals surface area (Å²) in [5.74, 6) is 0. The third-order valence-corrected chi connectivity index (χ3v) is 3.68. The summed E-state index contributed by atoms with van der Waals surface area (Å²) in [6.45, 7) is 7.26. The standard InChI is InChI=1S/C10H17N3S.C2H6/c1-2-13(10-12-11-8-14-10)9-6-4-3-5-7-9;1-2/h8-9H,2-7H2,1H3;1-2H3. The van der Waals surface area contributed by atoms with Crippen molar-refractivity contribution < 1.29 is 0 Å². The van der Waals surface area contributed by atoms with Crippen LogP contribution in [-0.2, 0) is 0 Å². The third kappa shape index (κ3) is 3.44. The molecule has 1 saturated carbocycles. The van der Waals surface area contributed by atoms with Crippen LogP contribution in [0.2, 0.25) is 0 Å². The SMILES string of the molecule is CC.CCN(c1nncs1)C1CCCCC1. The second-order valence-electron chi connectivity index (χ2n) is 3.80. The molecule has 0 radical (unpaired) electrons. The van der Waals surface area contributed by atoms with E-state index in [4.69, 9.17) is 0 Å². The zero-order valence-electron chi connectivity index (χ0n) is 10.6. The molecule has 2 rings (SSSR count). The van der Waals surface area contributed by atoms with Gasteiger partial charge in [-0.1, -0.05) is 44.4 Å². The Kier molecular flexibility index (Phi) is 6.38. The van der Waals surface area contributed by atoms with E-state index in [1.54, 1.807) is 11.3 Å². The molecule has 4 heteroatoms. The molecule has 0 spiro atoms. The first kappa shape index (κ1) is 13.4. The van der Waals surface area contributed by atoms with Crippen LogP contribution in [-0.4, -0.2) is 22.8 Å². The predicted molar refractivity (Wildman–Crippen MR) is 71.2 cm³/mol. The molecule has 16 heavy (non-hydrogen) atoms. The molecule has 1 aliphatic carbocycles. The van der Waals surface area contributed by atoms with Crippen molar-refractivity contribution in [2.24, 2.45) is 0 Å². The molecule has 1 aliphatic rings. The van der Waals surface area contributed by atoms with Crippen molar-refractivity contribution in [3.05, 3.63) is 5.51 Å². The van der Waals surface area contributed by atoms with Crippen LogP contribution < -0.4 is 4.90 Å². The van der Waals surface area contributed by atoms with Crippen LogP contribution in [0.25, 0.3) is 0 Å². The van der Waals surface area contributed by atoms with Crippen molar-refractivity contribution >= 4 is 16.5 Å². The van der Waals surface area contributed by atoms with Crippen LogP contribution in [0.1, 0.15) is 52.9 Å². The normalized spacial score (nSPS) is 16.4. The van der Waals surface area contributed by atoms with Crippen LogP contribution in [0, 0.1) is 0 Å². The minimum absolute atomic E-state index is 0.710. The van der Waals surface area contributed by atoms with Crippen LogP contribution in [0.5, 0.6) is 0 Å². The molecule has 0 N–H and O–H groups in total. The average Bonchev–Trinajstić information content (AvgIpc) is 2.88. The summed E-state index contributed by atoms with van der Waals surface area (Å²) in [6, 6.07) is 0.710. The highest BCUT2D eigenvalue weighted by Gasteiger charge is 2.21. The van der Waals surface area contributed by atoms with Gasteiger partial charge in [-0.05, 0) is 19.8 Å². The van der Waals surface area contributed by atoms with Gasteiger partial charge in [0.1, 0.15) is 5.51 Å². The molecule has 1 heterocycles. The van der Waals surface area contributed by atoms with Gasteiger partial charge in [0.15, 0.2) is 0 Å². The first-order chi connectivity index (χ1) is 7.92. The van der Waals surface area contributed by atoms with E-state index in [9.17, 15) is 0 Å². The highest BCUT2D eigenvalue weighted by Crippen LogP contribution is 2.27. The Balaban J connectivity index is 0.000000606. The summed E-state index contributed by atoms with van der Waals surface area (Å²) >= 11 is 1.65. The molecule has 1 aromatic rings. The van der Waals surface area contributed by atoms with Gasteiger partial charge in [0, 0.05) is 12.6 Å². The van der Waals surface area contributed by atoms with Gasteiger partial charge in [-0.3, -0.25) is 0 Å². The van der Waals surface area contributed by atoms with Crippen LogP contribution in [0.4, 0.5) is 5.13 Å². The summed E-state index contributed by atoms with van der Waals surface area (Å²) in [7, 11) is 0. The third-order valence-electron chi connectivity index (χ3n) is 2.95. The van der Waals surface area contributed by atoms with Crippen LogP contribution >= 0.6 is 11.3 Å². The quantitative estimate of drug-likeness (QED) is 0.807. The van der Waals surface area contributed by atoms with Crippen molar-refractivity contribution in [2.75, 3.05) is 11.4 Å². The lowest BCUT2D eigenvalue weighted by Crippen LogP contribution is -2.36. The molecule has 3 nitrogen and oxygen atoms in total. The monoisotopic (exact) mass is 241 g/mol. The Morgan fingerprint density at radius 1 is 1.31 bits per heavy atom. The second kappa shape index (κ2) is 7.60. The van der Waals surface area contributed by atoms with Gasteiger partial charge >= 0.3 is 0 Å². The van der Waals surface area contributed by atoms with Gasteiger partial charge in [-0.15, -0.1) is 10.2 Å². The Hall–Kier alpha value is -0.640. The van der Waals surface area contributed by atoms with E-state index in [0.717, 1.165) is 11.7 Å². The molecule has 92 valence electrons. The van der Waals surface area contributed by atoms with Gasteiger partial charge in [0.2, 0.25) is 5.13 Å². The van der Waals surface area contributed by atoms with Crippen molar-refractivity contribution in [2.45, 2.75) is 58.9 Å². The van der Waals surface area contributed by atoms with Crippen molar-refractivity contribution in [3.8, 4) is 0 Å². The van der Waals surface area contributed by atoms with Gasteiger partial charge in [-0.25, -0.2) is 0 Å². The van der Waals surface area contributed by atoms with E-state index in [1.165, 1.54) is 32.1 Å². The largest absolute Gasteiger partial charge is 0.344 e. The van der Waals surface area contributed by atoms with Crippen LogP contribution in [0.15, 0.2) is 5.51 Å². The highest BCUT2D eigenvalue weighted by atomic mass is 32.1. The van der Waals surface area contributed by atoms with E-state index < -0.39 is 0 Å².